The van der Waals surface area contributed by atoms with Crippen LogP contribution in [0, 0.1) is 19.7 Å². The Labute approximate surface area is 179 Å². The van der Waals surface area contributed by atoms with Crippen molar-refractivity contribution in [1.29, 1.82) is 0 Å². The van der Waals surface area contributed by atoms with Gasteiger partial charge >= 0.3 is 0 Å². The van der Waals surface area contributed by atoms with Crippen molar-refractivity contribution in [2.75, 3.05) is 12.4 Å². The predicted octanol–water partition coefficient (Wildman–Crippen LogP) is 5.43. The Kier molecular flexibility index (Phi) is 5.81. The Balaban J connectivity index is 1.77. The third-order valence-corrected chi connectivity index (χ3v) is 6.36. The van der Waals surface area contributed by atoms with Gasteiger partial charge in [0.2, 0.25) is 0 Å². The van der Waals surface area contributed by atoms with Crippen molar-refractivity contribution in [1.82, 2.24) is 9.29 Å². The van der Waals surface area contributed by atoms with Crippen molar-refractivity contribution >= 4 is 33.6 Å². The quantitative estimate of drug-likeness (QED) is 0.408. The minimum absolute atomic E-state index is 0.301. The molecule has 2 N–H and O–H groups in total. The molecule has 4 nitrogen and oxygen atoms in total. The molecule has 1 heterocycles. The maximum absolute atomic E-state index is 14.3. The van der Waals surface area contributed by atoms with Crippen LogP contribution in [0.3, 0.4) is 0 Å². The van der Waals surface area contributed by atoms with Crippen LogP contribution >= 0.6 is 0 Å². The topological polar surface area (TPSA) is 52.0 Å². The molecule has 0 saturated heterocycles. The van der Waals surface area contributed by atoms with E-state index in [1.807, 2.05) is 75.6 Å². The van der Waals surface area contributed by atoms with E-state index in [-0.39, 0.29) is 5.82 Å². The van der Waals surface area contributed by atoms with Gasteiger partial charge in [0.1, 0.15) is 22.7 Å². The highest BCUT2D eigenvalue weighted by Gasteiger charge is 2.20. The molecule has 1 aromatic heterocycles. The van der Waals surface area contributed by atoms with E-state index in [4.69, 9.17) is 0 Å². The summed E-state index contributed by atoms with van der Waals surface area (Å²) < 4.78 is 29.4. The first-order valence-electron chi connectivity index (χ1n) is 9.77. The summed E-state index contributed by atoms with van der Waals surface area (Å²) in [6.07, 6.45) is 1.92. The highest BCUT2D eigenvalue weighted by atomic mass is 32.2. The Hall–Kier alpha value is -2.80. The lowest BCUT2D eigenvalue weighted by atomic mass is 10.1. The summed E-state index contributed by atoms with van der Waals surface area (Å²) in [6, 6.07) is 18.6. The molecule has 0 bridgehead atoms. The number of anilines is 2. The molecule has 0 aliphatic carbocycles. The van der Waals surface area contributed by atoms with E-state index in [1.165, 1.54) is 6.07 Å². The first-order valence-corrected chi connectivity index (χ1v) is 10.9. The highest BCUT2D eigenvalue weighted by molar-refractivity contribution is 7.90. The van der Waals surface area contributed by atoms with E-state index >= 15 is 0 Å². The van der Waals surface area contributed by atoms with Crippen molar-refractivity contribution in [3.05, 3.63) is 89.4 Å². The largest absolute Gasteiger partial charge is 0.587 e. The summed E-state index contributed by atoms with van der Waals surface area (Å²) in [5, 5.41) is 7.32. The van der Waals surface area contributed by atoms with Crippen molar-refractivity contribution < 1.29 is 8.94 Å². The van der Waals surface area contributed by atoms with Gasteiger partial charge in [0.05, 0.1) is 11.9 Å². The van der Waals surface area contributed by atoms with Crippen molar-refractivity contribution in [3.8, 4) is 0 Å². The van der Waals surface area contributed by atoms with E-state index < -0.39 is 11.4 Å². The molecular weight excluding hydrogens is 397 g/mol. The van der Waals surface area contributed by atoms with Crippen LogP contribution in [0.5, 0.6) is 0 Å². The molecule has 4 aromatic rings. The van der Waals surface area contributed by atoms with Crippen molar-refractivity contribution in [3.63, 3.8) is 0 Å². The van der Waals surface area contributed by atoms with Crippen LogP contribution in [0.1, 0.15) is 16.7 Å². The monoisotopic (exact) mass is 421 g/mol. The van der Waals surface area contributed by atoms with E-state index in [0.717, 1.165) is 38.2 Å². The molecule has 0 aliphatic rings. The first-order chi connectivity index (χ1) is 14.5. The van der Waals surface area contributed by atoms with Gasteiger partial charge < -0.3 is 15.2 Å². The normalized spacial score (nSPS) is 12.3. The van der Waals surface area contributed by atoms with Crippen LogP contribution in [0.2, 0.25) is 0 Å². The molecule has 1 atom stereocenters. The second-order valence-corrected chi connectivity index (χ2v) is 8.78. The van der Waals surface area contributed by atoms with E-state index in [2.05, 4.69) is 10.6 Å². The average molecular weight is 422 g/mol. The number of hydrogen-bond acceptors (Lipinski definition) is 3. The van der Waals surface area contributed by atoms with Gasteiger partial charge in [-0.25, -0.2) is 4.39 Å². The molecule has 6 heteroatoms. The van der Waals surface area contributed by atoms with Crippen molar-refractivity contribution in [2.45, 2.75) is 25.3 Å². The molecule has 4 rings (SSSR count). The zero-order valence-corrected chi connectivity index (χ0v) is 18.0. The molecule has 0 fully saturated rings. The number of halogens is 1. The Morgan fingerprint density at radius 2 is 1.70 bits per heavy atom. The Morgan fingerprint density at radius 3 is 2.40 bits per heavy atom. The first kappa shape index (κ1) is 20.5. The minimum Gasteiger partial charge on any atom is -0.587 e. The van der Waals surface area contributed by atoms with Crippen molar-refractivity contribution in [2.24, 2.45) is 0 Å². The van der Waals surface area contributed by atoms with Crippen LogP contribution in [0.15, 0.2) is 71.8 Å². The molecule has 0 amide bonds. The fourth-order valence-corrected chi connectivity index (χ4v) is 4.61. The number of benzene rings is 3. The highest BCUT2D eigenvalue weighted by Crippen LogP contribution is 2.30. The zero-order chi connectivity index (χ0) is 21.3. The lowest BCUT2D eigenvalue weighted by Gasteiger charge is -2.13. The summed E-state index contributed by atoms with van der Waals surface area (Å²) in [4.78, 5) is 0.733. The fraction of sp³-hybridized carbons (Fsp3) is 0.167. The smallest absolute Gasteiger partial charge is 0.180 e. The standard InChI is InChI=1S/C24H24FN3OS/c1-16-4-8-20(9-5-16)30(29)28-15-18(14-26-3)21-10-7-19(13-24(21)28)27-23-11-6-17(2)12-22(23)25/h4-13,15,26-27H,14H2,1-3H3. The number of aryl methyl sites for hydroxylation is 2. The molecule has 154 valence electrons. The SMILES string of the molecule is CNCc1cn([S+]([O-])c2ccc(C)cc2)c2cc(Nc3ccc(C)cc3F)ccc12. The number of hydrogen-bond donors (Lipinski definition) is 2. The number of aromatic nitrogens is 1. The lowest BCUT2D eigenvalue weighted by molar-refractivity contribution is 0.588. The molecule has 3 aromatic carbocycles. The second kappa shape index (κ2) is 8.52. The predicted molar refractivity (Wildman–Crippen MR) is 122 cm³/mol. The van der Waals surface area contributed by atoms with E-state index in [1.54, 1.807) is 10.0 Å². The molecule has 1 unspecified atom stereocenters. The summed E-state index contributed by atoms with van der Waals surface area (Å²) in [5.41, 5.74) is 5.02. The van der Waals surface area contributed by atoms with Gasteiger partial charge in [-0.1, -0.05) is 29.8 Å². The van der Waals surface area contributed by atoms with Gasteiger partial charge in [-0.15, -0.1) is 0 Å². The van der Waals surface area contributed by atoms with Crippen LogP contribution in [-0.4, -0.2) is 15.6 Å². The molecule has 0 aliphatic heterocycles. The maximum atomic E-state index is 14.3. The number of nitrogens with zero attached hydrogens (tertiary/aromatic N) is 1. The number of fused-ring (bicyclic) bond motifs is 1. The number of nitrogens with one attached hydrogen (secondary N) is 2. The van der Waals surface area contributed by atoms with Gasteiger partial charge in [-0.3, -0.25) is 0 Å². The third-order valence-electron chi connectivity index (χ3n) is 5.03. The van der Waals surface area contributed by atoms with Gasteiger partial charge in [0.25, 0.3) is 0 Å². The minimum atomic E-state index is -1.39. The molecule has 0 spiro atoms. The van der Waals surface area contributed by atoms with Gasteiger partial charge in [0, 0.05) is 17.6 Å². The fourth-order valence-electron chi connectivity index (χ4n) is 3.46. The molecule has 0 radical (unpaired) electrons. The summed E-state index contributed by atoms with van der Waals surface area (Å²) in [5.74, 6) is -0.301. The number of rotatable bonds is 6. The van der Waals surface area contributed by atoms with Crippen LogP contribution in [-0.2, 0) is 17.9 Å². The van der Waals surface area contributed by atoms with Crippen LogP contribution in [0.25, 0.3) is 10.9 Å². The van der Waals surface area contributed by atoms with Gasteiger partial charge in [-0.2, -0.15) is 3.97 Å². The third kappa shape index (κ3) is 4.07. The Bertz CT molecular complexity index is 1190. The Morgan fingerprint density at radius 1 is 0.967 bits per heavy atom. The molecule has 30 heavy (non-hydrogen) atoms. The second-order valence-electron chi connectivity index (χ2n) is 7.41. The summed E-state index contributed by atoms with van der Waals surface area (Å²) in [6.45, 7) is 4.52. The van der Waals surface area contributed by atoms with Gasteiger partial charge in [0.15, 0.2) is 4.90 Å². The lowest BCUT2D eigenvalue weighted by Crippen LogP contribution is -2.12. The summed E-state index contributed by atoms with van der Waals surface area (Å²) >= 11 is -1.39. The van der Waals surface area contributed by atoms with Crippen LogP contribution < -0.4 is 10.6 Å². The maximum Gasteiger partial charge on any atom is 0.180 e. The summed E-state index contributed by atoms with van der Waals surface area (Å²) in [7, 11) is 1.89. The molecule has 0 saturated carbocycles. The van der Waals surface area contributed by atoms with E-state index in [0.29, 0.717) is 12.2 Å². The van der Waals surface area contributed by atoms with E-state index in [9.17, 15) is 8.94 Å². The van der Waals surface area contributed by atoms with Crippen LogP contribution in [0.4, 0.5) is 15.8 Å². The average Bonchev–Trinajstić information content (AvgIpc) is 3.08. The zero-order valence-electron chi connectivity index (χ0n) is 17.2. The molecular formula is C24H24FN3OS. The van der Waals surface area contributed by atoms with Gasteiger partial charge in [-0.05, 0) is 68.4 Å².